The number of carbonyl (C=O) groups excluding carboxylic acids is 1. The van der Waals surface area contributed by atoms with Crippen molar-refractivity contribution in [2.24, 2.45) is 0 Å². The lowest BCUT2D eigenvalue weighted by molar-refractivity contribution is -0.133. The molecule has 1 atom stereocenters. The molecule has 8 heteroatoms. The zero-order chi connectivity index (χ0) is 15.7. The molecule has 2 rings (SSSR count). The minimum absolute atomic E-state index is 0.117. The molecule has 1 aliphatic heterocycles. The Morgan fingerprint density at radius 1 is 1.48 bits per heavy atom. The smallest absolute Gasteiger partial charge is 0.265 e. The third kappa shape index (κ3) is 3.48. The first-order chi connectivity index (χ1) is 9.76. The molecule has 0 saturated carbocycles. The maximum absolute atomic E-state index is 12.2. The average Bonchev–Trinajstić information content (AvgIpc) is 2.86. The van der Waals surface area contributed by atoms with Gasteiger partial charge >= 0.3 is 0 Å². The summed E-state index contributed by atoms with van der Waals surface area (Å²) < 4.78 is 33.4. The molecule has 0 aliphatic carbocycles. The van der Waals surface area contributed by atoms with E-state index in [1.807, 2.05) is 0 Å². The Bertz CT molecular complexity index is 653. The van der Waals surface area contributed by atoms with E-state index >= 15 is 0 Å². The van der Waals surface area contributed by atoms with Gasteiger partial charge in [0.1, 0.15) is 16.2 Å². The van der Waals surface area contributed by atoms with Gasteiger partial charge in [0.25, 0.3) is 15.0 Å². The van der Waals surface area contributed by atoms with Crippen LogP contribution in [0.25, 0.3) is 0 Å². The van der Waals surface area contributed by atoms with Gasteiger partial charge in [-0.15, -0.1) is 0 Å². The number of ether oxygens (including phenoxy) is 2. The molecule has 1 heterocycles. The second-order valence-corrected chi connectivity index (χ2v) is 7.47. The number of carbonyl (C=O) groups is 1. The Labute approximate surface area is 127 Å². The zero-order valence-corrected chi connectivity index (χ0v) is 13.3. The quantitative estimate of drug-likeness (QED) is 0.854. The van der Waals surface area contributed by atoms with Crippen molar-refractivity contribution < 1.29 is 22.7 Å². The van der Waals surface area contributed by atoms with Crippen LogP contribution < -0.4 is 10.1 Å². The second kappa shape index (κ2) is 5.82. The van der Waals surface area contributed by atoms with E-state index in [4.69, 9.17) is 20.2 Å². The standard InChI is InChI=1S/C13H16ClNO5S/c1-13(6-3-7-20-13)12(16)15-9-4-5-10(19-2)11(8-9)21(14,17)18/h4-5,8H,3,6-7H2,1-2H3,(H,15,16). The lowest BCUT2D eigenvalue weighted by atomic mass is 10.0. The molecule has 0 spiro atoms. The van der Waals surface area contributed by atoms with Crippen molar-refractivity contribution in [3.8, 4) is 5.75 Å². The van der Waals surface area contributed by atoms with Gasteiger partial charge in [0.05, 0.1) is 7.11 Å². The Kier molecular flexibility index (Phi) is 4.46. The molecule has 6 nitrogen and oxygen atoms in total. The van der Waals surface area contributed by atoms with Crippen molar-refractivity contribution in [3.63, 3.8) is 0 Å². The predicted molar refractivity (Wildman–Crippen MR) is 78.3 cm³/mol. The predicted octanol–water partition coefficient (Wildman–Crippen LogP) is 2.13. The maximum atomic E-state index is 12.2. The molecule has 1 aromatic rings. The van der Waals surface area contributed by atoms with Gasteiger partial charge in [0.2, 0.25) is 0 Å². The van der Waals surface area contributed by atoms with E-state index in [1.165, 1.54) is 19.2 Å². The summed E-state index contributed by atoms with van der Waals surface area (Å²) in [4.78, 5) is 12.0. The Balaban J connectivity index is 2.27. The normalized spacial score (nSPS) is 22.0. The summed E-state index contributed by atoms with van der Waals surface area (Å²) in [5.41, 5.74) is -0.573. The highest BCUT2D eigenvalue weighted by molar-refractivity contribution is 8.13. The third-order valence-corrected chi connectivity index (χ3v) is 4.73. The molecule has 0 aromatic heterocycles. The number of benzene rings is 1. The van der Waals surface area contributed by atoms with Gasteiger partial charge in [-0.25, -0.2) is 8.42 Å². The van der Waals surface area contributed by atoms with Gasteiger partial charge in [0.15, 0.2) is 0 Å². The van der Waals surface area contributed by atoms with Gasteiger partial charge in [-0.1, -0.05) is 0 Å². The van der Waals surface area contributed by atoms with Crippen LogP contribution in [-0.4, -0.2) is 33.6 Å². The molecule has 1 fully saturated rings. The van der Waals surface area contributed by atoms with Crippen molar-refractivity contribution in [2.75, 3.05) is 19.0 Å². The zero-order valence-electron chi connectivity index (χ0n) is 11.7. The van der Waals surface area contributed by atoms with E-state index in [0.29, 0.717) is 18.7 Å². The minimum Gasteiger partial charge on any atom is -0.495 e. The summed E-state index contributed by atoms with van der Waals surface area (Å²) in [5.74, 6) is -0.200. The molecule has 1 unspecified atom stereocenters. The van der Waals surface area contributed by atoms with Gasteiger partial charge in [-0.2, -0.15) is 0 Å². The molecule has 1 amide bonds. The topological polar surface area (TPSA) is 81.7 Å². The molecule has 1 aromatic carbocycles. The van der Waals surface area contributed by atoms with E-state index in [1.54, 1.807) is 13.0 Å². The summed E-state index contributed by atoms with van der Waals surface area (Å²) in [6.07, 6.45) is 1.43. The third-order valence-electron chi connectivity index (χ3n) is 3.38. The van der Waals surface area contributed by atoms with Gasteiger partial charge < -0.3 is 14.8 Å². The fourth-order valence-corrected chi connectivity index (χ4v) is 3.19. The summed E-state index contributed by atoms with van der Waals surface area (Å²) >= 11 is 0. The highest BCUT2D eigenvalue weighted by atomic mass is 35.7. The number of nitrogens with one attached hydrogen (secondary N) is 1. The summed E-state index contributed by atoms with van der Waals surface area (Å²) in [5, 5.41) is 2.65. The van der Waals surface area contributed by atoms with Crippen LogP contribution in [-0.2, 0) is 18.6 Å². The van der Waals surface area contributed by atoms with Crippen LogP contribution in [0.1, 0.15) is 19.8 Å². The largest absolute Gasteiger partial charge is 0.495 e. The lowest BCUT2D eigenvalue weighted by Gasteiger charge is -2.22. The second-order valence-electron chi connectivity index (χ2n) is 4.94. The van der Waals surface area contributed by atoms with Crippen LogP contribution in [0.15, 0.2) is 23.1 Å². The molecular weight excluding hydrogens is 318 g/mol. The number of hydrogen-bond donors (Lipinski definition) is 1. The van der Waals surface area contributed by atoms with Crippen LogP contribution in [0.3, 0.4) is 0 Å². The van der Waals surface area contributed by atoms with E-state index < -0.39 is 14.7 Å². The summed E-state index contributed by atoms with van der Waals surface area (Å²) in [6.45, 7) is 2.24. The number of hydrogen-bond acceptors (Lipinski definition) is 5. The first-order valence-electron chi connectivity index (χ1n) is 6.34. The van der Waals surface area contributed by atoms with Crippen LogP contribution in [0.2, 0.25) is 0 Å². The van der Waals surface area contributed by atoms with Gasteiger partial charge in [-0.3, -0.25) is 4.79 Å². The van der Waals surface area contributed by atoms with E-state index in [-0.39, 0.29) is 16.6 Å². The number of methoxy groups -OCH3 is 1. The molecule has 21 heavy (non-hydrogen) atoms. The monoisotopic (exact) mass is 333 g/mol. The van der Waals surface area contributed by atoms with Crippen LogP contribution >= 0.6 is 10.7 Å². The minimum atomic E-state index is -3.97. The molecule has 0 bridgehead atoms. The molecule has 1 aliphatic rings. The van der Waals surface area contributed by atoms with Crippen molar-refractivity contribution in [1.82, 2.24) is 0 Å². The van der Waals surface area contributed by atoms with E-state index in [0.717, 1.165) is 6.42 Å². The van der Waals surface area contributed by atoms with Gasteiger partial charge in [-0.05, 0) is 38.0 Å². The Morgan fingerprint density at radius 3 is 2.71 bits per heavy atom. The molecular formula is C13H16ClNO5S. The highest BCUT2D eigenvalue weighted by Crippen LogP contribution is 2.31. The van der Waals surface area contributed by atoms with Crippen LogP contribution in [0.5, 0.6) is 5.75 Å². The summed E-state index contributed by atoms with van der Waals surface area (Å²) in [7, 11) is 2.73. The summed E-state index contributed by atoms with van der Waals surface area (Å²) in [6, 6.07) is 4.24. The van der Waals surface area contributed by atoms with Crippen molar-refractivity contribution >= 4 is 31.3 Å². The number of halogens is 1. The van der Waals surface area contributed by atoms with E-state index in [2.05, 4.69) is 5.32 Å². The Morgan fingerprint density at radius 2 is 2.19 bits per heavy atom. The maximum Gasteiger partial charge on any atom is 0.265 e. The molecule has 116 valence electrons. The number of amides is 1. The molecule has 1 saturated heterocycles. The number of anilines is 1. The van der Waals surface area contributed by atoms with E-state index in [9.17, 15) is 13.2 Å². The Hall–Kier alpha value is -1.31. The molecule has 0 radical (unpaired) electrons. The molecule has 1 N–H and O–H groups in total. The highest BCUT2D eigenvalue weighted by Gasteiger charge is 2.37. The first-order valence-corrected chi connectivity index (χ1v) is 8.65. The average molecular weight is 334 g/mol. The fourth-order valence-electron chi connectivity index (χ4n) is 2.17. The van der Waals surface area contributed by atoms with Gasteiger partial charge in [0, 0.05) is 23.0 Å². The first kappa shape index (κ1) is 16.1. The van der Waals surface area contributed by atoms with Crippen LogP contribution in [0, 0.1) is 0 Å². The van der Waals surface area contributed by atoms with Crippen molar-refractivity contribution in [1.29, 1.82) is 0 Å². The van der Waals surface area contributed by atoms with Crippen molar-refractivity contribution in [2.45, 2.75) is 30.3 Å². The lowest BCUT2D eigenvalue weighted by Crippen LogP contribution is -2.39. The SMILES string of the molecule is COc1ccc(NC(=O)C2(C)CCCO2)cc1S(=O)(=O)Cl. The number of rotatable bonds is 4. The van der Waals surface area contributed by atoms with Crippen LogP contribution in [0.4, 0.5) is 5.69 Å². The van der Waals surface area contributed by atoms with Crippen molar-refractivity contribution in [3.05, 3.63) is 18.2 Å². The fraction of sp³-hybridized carbons (Fsp3) is 0.462.